The molecule has 2 aromatic heterocycles. The van der Waals surface area contributed by atoms with Gasteiger partial charge in [0.15, 0.2) is 0 Å². The first-order chi connectivity index (χ1) is 28.5. The summed E-state index contributed by atoms with van der Waals surface area (Å²) in [5.41, 5.74) is 16.8. The number of hydrogen-bond acceptors (Lipinski definition) is 3. The Balaban J connectivity index is 0.982. The van der Waals surface area contributed by atoms with E-state index in [4.69, 9.17) is 8.83 Å². The topological polar surface area (TPSA) is 29.5 Å². The Bertz CT molecular complexity index is 3420. The fourth-order valence-electron chi connectivity index (χ4n) is 9.61. The highest BCUT2D eigenvalue weighted by Gasteiger charge is 2.35. The van der Waals surface area contributed by atoms with Gasteiger partial charge < -0.3 is 13.7 Å². The van der Waals surface area contributed by atoms with Gasteiger partial charge in [0.25, 0.3) is 0 Å². The minimum Gasteiger partial charge on any atom is -0.456 e. The molecular formula is C55H37NO2. The monoisotopic (exact) mass is 743 g/mol. The van der Waals surface area contributed by atoms with Crippen molar-refractivity contribution in [2.24, 2.45) is 0 Å². The van der Waals surface area contributed by atoms with E-state index in [1.54, 1.807) is 0 Å². The predicted molar refractivity (Wildman–Crippen MR) is 242 cm³/mol. The van der Waals surface area contributed by atoms with Crippen molar-refractivity contribution in [3.63, 3.8) is 0 Å². The third-order valence-electron chi connectivity index (χ3n) is 12.5. The number of anilines is 3. The summed E-state index contributed by atoms with van der Waals surface area (Å²) in [4.78, 5) is 2.39. The van der Waals surface area contributed by atoms with Gasteiger partial charge in [-0.3, -0.25) is 0 Å². The molecule has 0 saturated carbocycles. The van der Waals surface area contributed by atoms with Gasteiger partial charge in [0.1, 0.15) is 22.3 Å². The van der Waals surface area contributed by atoms with Crippen molar-refractivity contribution >= 4 is 71.7 Å². The molecule has 0 unspecified atom stereocenters. The maximum Gasteiger partial charge on any atom is 0.136 e. The largest absolute Gasteiger partial charge is 0.456 e. The smallest absolute Gasteiger partial charge is 0.136 e. The fourth-order valence-corrected chi connectivity index (χ4v) is 9.61. The number of benzene rings is 9. The molecule has 12 rings (SSSR count). The van der Waals surface area contributed by atoms with Crippen LogP contribution < -0.4 is 4.90 Å². The Labute approximate surface area is 336 Å². The van der Waals surface area contributed by atoms with Crippen LogP contribution in [0.5, 0.6) is 0 Å². The summed E-state index contributed by atoms with van der Waals surface area (Å²) in [6.45, 7) is 4.69. The van der Waals surface area contributed by atoms with Crippen LogP contribution in [0.2, 0.25) is 0 Å². The fraction of sp³-hybridized carbons (Fsp3) is 0.0545. The molecule has 274 valence electrons. The predicted octanol–water partition coefficient (Wildman–Crippen LogP) is 15.7. The highest BCUT2D eigenvalue weighted by Crippen LogP contribution is 2.51. The minimum atomic E-state index is -0.117. The van der Waals surface area contributed by atoms with E-state index in [0.29, 0.717) is 0 Å². The zero-order valence-electron chi connectivity index (χ0n) is 32.2. The maximum atomic E-state index is 6.32. The van der Waals surface area contributed by atoms with Crippen LogP contribution >= 0.6 is 0 Å². The summed E-state index contributed by atoms with van der Waals surface area (Å²) in [5.74, 6) is 0. The van der Waals surface area contributed by atoms with Crippen molar-refractivity contribution in [2.45, 2.75) is 19.3 Å². The van der Waals surface area contributed by atoms with Crippen LogP contribution in [0.1, 0.15) is 25.0 Å². The van der Waals surface area contributed by atoms with Gasteiger partial charge in [0.05, 0.1) is 0 Å². The third-order valence-corrected chi connectivity index (χ3v) is 12.5. The molecule has 0 atom stereocenters. The lowest BCUT2D eigenvalue weighted by molar-refractivity contribution is 0.660. The van der Waals surface area contributed by atoms with Gasteiger partial charge in [0.2, 0.25) is 0 Å². The summed E-state index contributed by atoms with van der Waals surface area (Å²) >= 11 is 0. The summed E-state index contributed by atoms with van der Waals surface area (Å²) < 4.78 is 12.6. The average molecular weight is 744 g/mol. The van der Waals surface area contributed by atoms with Crippen molar-refractivity contribution in [3.8, 4) is 33.4 Å². The molecule has 1 aliphatic rings. The normalized spacial score (nSPS) is 13.1. The van der Waals surface area contributed by atoms with Crippen LogP contribution in [0.15, 0.2) is 197 Å². The SMILES string of the molecule is CC1(C)c2ccccc2-c2ccc(N(c3ccc(-c4ccc5c(c4)oc4ccccc45)cc3)c3ccc(-c4cccc5ccc6oc7ccccc7c6c45)cc3)cc21. The third kappa shape index (κ3) is 4.86. The van der Waals surface area contributed by atoms with E-state index in [1.807, 2.05) is 18.2 Å². The zero-order chi connectivity index (χ0) is 38.5. The number of rotatable bonds is 5. The van der Waals surface area contributed by atoms with Gasteiger partial charge in [-0.1, -0.05) is 135 Å². The molecule has 2 heterocycles. The number of hydrogen-bond donors (Lipinski definition) is 0. The molecule has 0 spiro atoms. The second kappa shape index (κ2) is 12.3. The van der Waals surface area contributed by atoms with Crippen LogP contribution in [-0.4, -0.2) is 0 Å². The molecule has 0 amide bonds. The molecule has 0 fully saturated rings. The van der Waals surface area contributed by atoms with Crippen LogP contribution in [0.3, 0.4) is 0 Å². The summed E-state index contributed by atoms with van der Waals surface area (Å²) in [7, 11) is 0. The Hall–Kier alpha value is -7.36. The number of fused-ring (bicyclic) bond motifs is 11. The van der Waals surface area contributed by atoms with E-state index in [-0.39, 0.29) is 5.41 Å². The first kappa shape index (κ1) is 32.8. The second-order valence-corrected chi connectivity index (χ2v) is 16.1. The van der Waals surface area contributed by atoms with E-state index in [9.17, 15) is 0 Å². The molecule has 9 aromatic carbocycles. The quantitative estimate of drug-likeness (QED) is 0.176. The molecule has 3 heteroatoms. The first-order valence-electron chi connectivity index (χ1n) is 20.0. The van der Waals surface area contributed by atoms with E-state index in [1.165, 1.54) is 38.6 Å². The van der Waals surface area contributed by atoms with Crippen molar-refractivity contribution in [2.75, 3.05) is 4.90 Å². The van der Waals surface area contributed by atoms with Crippen molar-refractivity contribution in [1.29, 1.82) is 0 Å². The van der Waals surface area contributed by atoms with Gasteiger partial charge in [-0.2, -0.15) is 0 Å². The standard InChI is InChI=1S/C55H37NO2/c1-55(2)47-15-6-3-11-42(47)43-30-28-40(33-48(43)55)56(38-24-18-34(19-25-38)37-22-29-45-44-12-4-7-16-49(44)58-52(45)32-37)39-26-20-35(21-27-39)41-14-9-10-36-23-31-51-54(53(36)41)46-13-5-8-17-50(46)57-51/h3-33H,1-2H3. The van der Waals surface area contributed by atoms with Gasteiger partial charge in [-0.05, 0) is 117 Å². The number of para-hydroxylation sites is 2. The molecule has 1 aliphatic carbocycles. The molecule has 0 bridgehead atoms. The summed E-state index contributed by atoms with van der Waals surface area (Å²) in [6.07, 6.45) is 0. The molecular weight excluding hydrogens is 707 g/mol. The Morgan fingerprint density at radius 3 is 1.78 bits per heavy atom. The lowest BCUT2D eigenvalue weighted by Gasteiger charge is -2.28. The lowest BCUT2D eigenvalue weighted by atomic mass is 9.82. The molecule has 0 N–H and O–H groups in total. The van der Waals surface area contributed by atoms with Gasteiger partial charge >= 0.3 is 0 Å². The molecule has 11 aromatic rings. The Morgan fingerprint density at radius 1 is 0.362 bits per heavy atom. The second-order valence-electron chi connectivity index (χ2n) is 16.1. The maximum absolute atomic E-state index is 6.32. The Morgan fingerprint density at radius 2 is 0.966 bits per heavy atom. The summed E-state index contributed by atoms with van der Waals surface area (Å²) in [6, 6.07) is 67.8. The van der Waals surface area contributed by atoms with E-state index >= 15 is 0 Å². The van der Waals surface area contributed by atoms with Crippen LogP contribution in [0.25, 0.3) is 88.0 Å². The van der Waals surface area contributed by atoms with E-state index < -0.39 is 0 Å². The lowest BCUT2D eigenvalue weighted by Crippen LogP contribution is -2.16. The molecule has 3 nitrogen and oxygen atoms in total. The average Bonchev–Trinajstić information content (AvgIpc) is 3.91. The molecule has 0 radical (unpaired) electrons. The van der Waals surface area contributed by atoms with Crippen molar-refractivity contribution in [1.82, 2.24) is 0 Å². The summed E-state index contributed by atoms with van der Waals surface area (Å²) in [5, 5.41) is 7.00. The highest BCUT2D eigenvalue weighted by atomic mass is 16.3. The first-order valence-corrected chi connectivity index (χ1v) is 20.0. The molecule has 58 heavy (non-hydrogen) atoms. The number of furan rings is 2. The van der Waals surface area contributed by atoms with Crippen molar-refractivity contribution in [3.05, 3.63) is 199 Å². The van der Waals surface area contributed by atoms with Crippen LogP contribution in [-0.2, 0) is 5.41 Å². The highest BCUT2D eigenvalue weighted by molar-refractivity contribution is 6.22. The van der Waals surface area contributed by atoms with Gasteiger partial charge in [-0.25, -0.2) is 0 Å². The Kier molecular flexibility index (Phi) is 6.98. The van der Waals surface area contributed by atoms with Crippen LogP contribution in [0.4, 0.5) is 17.1 Å². The van der Waals surface area contributed by atoms with E-state index in [2.05, 4.69) is 189 Å². The van der Waals surface area contributed by atoms with Gasteiger partial charge in [0, 0.05) is 49.4 Å². The number of nitrogens with zero attached hydrogens (tertiary/aromatic N) is 1. The van der Waals surface area contributed by atoms with Crippen molar-refractivity contribution < 1.29 is 8.83 Å². The molecule has 0 saturated heterocycles. The van der Waals surface area contributed by atoms with E-state index in [0.717, 1.165) is 77.6 Å². The van der Waals surface area contributed by atoms with Gasteiger partial charge in [-0.15, -0.1) is 0 Å². The minimum absolute atomic E-state index is 0.117. The zero-order valence-corrected chi connectivity index (χ0v) is 32.2. The molecule has 0 aliphatic heterocycles. The van der Waals surface area contributed by atoms with Crippen LogP contribution in [0, 0.1) is 0 Å².